The summed E-state index contributed by atoms with van der Waals surface area (Å²) in [5.74, 6) is -0.0733. The van der Waals surface area contributed by atoms with Crippen LogP contribution in [0.25, 0.3) is 10.8 Å². The van der Waals surface area contributed by atoms with Crippen LogP contribution in [-0.4, -0.2) is 29.1 Å². The molecule has 0 saturated heterocycles. The van der Waals surface area contributed by atoms with Crippen LogP contribution in [0.2, 0.25) is 0 Å². The van der Waals surface area contributed by atoms with Crippen molar-refractivity contribution in [1.29, 1.82) is 0 Å². The van der Waals surface area contributed by atoms with Gasteiger partial charge in [0.25, 0.3) is 5.91 Å². The van der Waals surface area contributed by atoms with Gasteiger partial charge in [-0.1, -0.05) is 31.2 Å². The third-order valence-electron chi connectivity index (χ3n) is 4.51. The second-order valence-corrected chi connectivity index (χ2v) is 7.56. The molecule has 0 aliphatic carbocycles. The SMILES string of the molecule is CCC(=O)NC(=S)Nc1ccc(NC(=S)NC(=O)c2cc3ccccc3cc2OC)cc1. The summed E-state index contributed by atoms with van der Waals surface area (Å²) in [6.45, 7) is 1.75. The van der Waals surface area contributed by atoms with Gasteiger partial charge in [0, 0.05) is 17.8 Å². The second kappa shape index (κ2) is 10.7. The first-order chi connectivity index (χ1) is 15.4. The summed E-state index contributed by atoms with van der Waals surface area (Å²) in [7, 11) is 1.52. The largest absolute Gasteiger partial charge is 0.496 e. The Morgan fingerprint density at radius 3 is 1.91 bits per heavy atom. The highest BCUT2D eigenvalue weighted by molar-refractivity contribution is 7.80. The van der Waals surface area contributed by atoms with Crippen molar-refractivity contribution in [1.82, 2.24) is 10.6 Å². The van der Waals surface area contributed by atoms with Crippen LogP contribution < -0.4 is 26.0 Å². The number of carbonyl (C=O) groups excluding carboxylic acids is 2. The summed E-state index contributed by atoms with van der Waals surface area (Å²) >= 11 is 10.4. The molecule has 164 valence electrons. The fraction of sp³-hybridized carbons (Fsp3) is 0.130. The highest BCUT2D eigenvalue weighted by Gasteiger charge is 2.15. The molecule has 3 rings (SSSR count). The van der Waals surface area contributed by atoms with Crippen molar-refractivity contribution in [2.45, 2.75) is 13.3 Å². The molecule has 0 spiro atoms. The van der Waals surface area contributed by atoms with Gasteiger partial charge in [-0.25, -0.2) is 0 Å². The van der Waals surface area contributed by atoms with Crippen molar-refractivity contribution in [3.05, 3.63) is 66.2 Å². The molecular weight excluding hydrogens is 444 g/mol. The van der Waals surface area contributed by atoms with Crippen LogP contribution >= 0.6 is 24.4 Å². The smallest absolute Gasteiger partial charge is 0.261 e. The highest BCUT2D eigenvalue weighted by atomic mass is 32.1. The fourth-order valence-corrected chi connectivity index (χ4v) is 3.36. The van der Waals surface area contributed by atoms with Crippen LogP contribution in [0.5, 0.6) is 5.75 Å². The van der Waals surface area contributed by atoms with Gasteiger partial charge in [-0.05, 0) is 71.6 Å². The first-order valence-corrected chi connectivity index (χ1v) is 10.6. The van der Waals surface area contributed by atoms with Gasteiger partial charge in [0.1, 0.15) is 5.75 Å². The number of anilines is 2. The predicted octanol–water partition coefficient (Wildman–Crippen LogP) is 4.20. The summed E-state index contributed by atoms with van der Waals surface area (Å²) < 4.78 is 5.38. The number of amides is 2. The third-order valence-corrected chi connectivity index (χ3v) is 4.92. The molecule has 0 unspecified atom stereocenters. The van der Waals surface area contributed by atoms with E-state index in [1.165, 1.54) is 7.11 Å². The standard InChI is InChI=1S/C23H22N4O3S2/c1-3-20(28)26-22(31)24-16-8-10-17(11-9-16)25-23(32)27-21(29)18-12-14-6-4-5-7-15(14)13-19(18)30-2/h4-13H,3H2,1-2H3,(H2,24,26,28,31)(H2,25,27,29,32). The van der Waals surface area contributed by atoms with Gasteiger partial charge in [-0.2, -0.15) is 0 Å². The van der Waals surface area contributed by atoms with Crippen molar-refractivity contribution >= 4 is 68.6 Å². The zero-order valence-corrected chi connectivity index (χ0v) is 19.2. The fourth-order valence-electron chi connectivity index (χ4n) is 2.91. The Kier molecular flexibility index (Phi) is 7.69. The molecule has 2 amide bonds. The molecule has 0 heterocycles. The van der Waals surface area contributed by atoms with Crippen molar-refractivity contribution in [2.24, 2.45) is 0 Å². The number of rotatable bonds is 5. The Labute approximate surface area is 196 Å². The predicted molar refractivity (Wildman–Crippen MR) is 135 cm³/mol. The van der Waals surface area contributed by atoms with Crippen LogP contribution in [0, 0.1) is 0 Å². The van der Waals surface area contributed by atoms with E-state index < -0.39 is 0 Å². The zero-order chi connectivity index (χ0) is 23.1. The van der Waals surface area contributed by atoms with Gasteiger partial charge in [-0.3, -0.25) is 14.9 Å². The summed E-state index contributed by atoms with van der Waals surface area (Å²) in [4.78, 5) is 24.2. The number of carbonyl (C=O) groups is 2. The molecule has 0 saturated carbocycles. The number of nitrogens with one attached hydrogen (secondary N) is 4. The maximum Gasteiger partial charge on any atom is 0.261 e. The quantitative estimate of drug-likeness (QED) is 0.419. The maximum atomic E-state index is 12.8. The summed E-state index contributed by atoms with van der Waals surface area (Å²) in [6, 6.07) is 18.4. The van der Waals surface area contributed by atoms with Gasteiger partial charge in [-0.15, -0.1) is 0 Å². The topological polar surface area (TPSA) is 91.5 Å². The lowest BCUT2D eigenvalue weighted by Gasteiger charge is -2.13. The summed E-state index contributed by atoms with van der Waals surface area (Å²) in [5.41, 5.74) is 1.76. The Bertz CT molecular complexity index is 1180. The molecule has 0 aliphatic rings. The van der Waals surface area contributed by atoms with Crippen LogP contribution in [0.15, 0.2) is 60.7 Å². The molecule has 0 atom stereocenters. The van der Waals surface area contributed by atoms with Gasteiger partial charge < -0.3 is 20.7 Å². The van der Waals surface area contributed by atoms with E-state index in [4.69, 9.17) is 29.2 Å². The monoisotopic (exact) mass is 466 g/mol. The van der Waals surface area contributed by atoms with Crippen molar-refractivity contribution in [2.75, 3.05) is 17.7 Å². The van der Waals surface area contributed by atoms with E-state index in [1.807, 2.05) is 30.3 Å². The molecule has 0 aliphatic heterocycles. The van der Waals surface area contributed by atoms with Crippen molar-refractivity contribution in [3.63, 3.8) is 0 Å². The van der Waals surface area contributed by atoms with Crippen LogP contribution in [0.1, 0.15) is 23.7 Å². The first-order valence-electron chi connectivity index (χ1n) is 9.79. The number of hydrogen-bond donors (Lipinski definition) is 4. The molecule has 7 nitrogen and oxygen atoms in total. The number of hydrogen-bond acceptors (Lipinski definition) is 5. The Hall–Kier alpha value is -3.56. The molecule has 3 aromatic rings. The highest BCUT2D eigenvalue weighted by Crippen LogP contribution is 2.26. The van der Waals surface area contributed by atoms with Gasteiger partial charge in [0.05, 0.1) is 12.7 Å². The zero-order valence-electron chi connectivity index (χ0n) is 17.5. The summed E-state index contributed by atoms with van der Waals surface area (Å²) in [5, 5.41) is 13.4. The number of fused-ring (bicyclic) bond motifs is 1. The molecule has 9 heteroatoms. The number of benzene rings is 3. The molecular formula is C23H22N4O3S2. The second-order valence-electron chi connectivity index (χ2n) is 6.74. The van der Waals surface area contributed by atoms with Crippen molar-refractivity contribution in [3.8, 4) is 5.75 Å². The average Bonchev–Trinajstić information content (AvgIpc) is 2.79. The van der Waals surface area contributed by atoms with E-state index in [0.29, 0.717) is 29.1 Å². The molecule has 32 heavy (non-hydrogen) atoms. The maximum absolute atomic E-state index is 12.8. The lowest BCUT2D eigenvalue weighted by Crippen LogP contribution is -2.34. The van der Waals surface area contributed by atoms with Crippen molar-refractivity contribution < 1.29 is 14.3 Å². The Morgan fingerprint density at radius 2 is 1.38 bits per heavy atom. The van der Waals surface area contributed by atoms with E-state index in [1.54, 1.807) is 37.3 Å². The minimum atomic E-state index is -0.375. The van der Waals surface area contributed by atoms with Gasteiger partial charge >= 0.3 is 0 Å². The average molecular weight is 467 g/mol. The lowest BCUT2D eigenvalue weighted by molar-refractivity contribution is -0.119. The summed E-state index contributed by atoms with van der Waals surface area (Å²) in [6.07, 6.45) is 0.346. The van der Waals surface area contributed by atoms with Crippen LogP contribution in [-0.2, 0) is 4.79 Å². The van der Waals surface area contributed by atoms with E-state index in [0.717, 1.165) is 10.8 Å². The van der Waals surface area contributed by atoms with Crippen LogP contribution in [0.3, 0.4) is 0 Å². The van der Waals surface area contributed by atoms with Gasteiger partial charge in [0.15, 0.2) is 10.2 Å². The minimum Gasteiger partial charge on any atom is -0.496 e. The molecule has 0 radical (unpaired) electrons. The Balaban J connectivity index is 1.62. The molecule has 4 N–H and O–H groups in total. The van der Waals surface area contributed by atoms with E-state index >= 15 is 0 Å². The third kappa shape index (κ3) is 5.99. The number of methoxy groups -OCH3 is 1. The minimum absolute atomic E-state index is 0.150. The molecule has 3 aromatic carbocycles. The normalized spacial score (nSPS) is 10.2. The number of ether oxygens (including phenoxy) is 1. The van der Waals surface area contributed by atoms with Gasteiger partial charge in [0.2, 0.25) is 5.91 Å². The molecule has 0 bridgehead atoms. The first kappa shape index (κ1) is 23.1. The van der Waals surface area contributed by atoms with E-state index in [-0.39, 0.29) is 22.0 Å². The molecule has 0 fully saturated rings. The van der Waals surface area contributed by atoms with E-state index in [2.05, 4.69) is 21.3 Å². The Morgan fingerprint density at radius 1 is 0.844 bits per heavy atom. The van der Waals surface area contributed by atoms with E-state index in [9.17, 15) is 9.59 Å². The van der Waals surface area contributed by atoms with Crippen LogP contribution in [0.4, 0.5) is 11.4 Å². The molecule has 0 aromatic heterocycles. The number of thiocarbonyl (C=S) groups is 2. The lowest BCUT2D eigenvalue weighted by atomic mass is 10.1.